The minimum absolute atomic E-state index is 0.215. The Bertz CT molecular complexity index is 419. The van der Waals surface area contributed by atoms with E-state index in [9.17, 15) is 13.6 Å². The third-order valence-corrected chi connectivity index (χ3v) is 2.58. The lowest BCUT2D eigenvalue weighted by Crippen LogP contribution is -2.41. The summed E-state index contributed by atoms with van der Waals surface area (Å²) in [5.74, 6) is -0.968. The highest BCUT2D eigenvalue weighted by Crippen LogP contribution is 2.25. The summed E-state index contributed by atoms with van der Waals surface area (Å²) in [6.45, 7) is 3.69. The molecule has 0 aliphatic rings. The summed E-state index contributed by atoms with van der Waals surface area (Å²) in [5.41, 5.74) is -0.437. The van der Waals surface area contributed by atoms with Crippen LogP contribution in [0.25, 0.3) is 0 Å². The van der Waals surface area contributed by atoms with Gasteiger partial charge in [0.15, 0.2) is 0 Å². The molecule has 1 aromatic rings. The van der Waals surface area contributed by atoms with Crippen LogP contribution >= 0.6 is 0 Å². The van der Waals surface area contributed by atoms with E-state index in [1.807, 2.05) is 0 Å². The lowest BCUT2D eigenvalue weighted by molar-refractivity contribution is 0.240. The van der Waals surface area contributed by atoms with Crippen molar-refractivity contribution in [1.82, 2.24) is 10.6 Å². The zero-order valence-electron chi connectivity index (χ0n) is 10.1. The largest absolute Gasteiger partial charge is 0.341 e. The van der Waals surface area contributed by atoms with E-state index in [2.05, 4.69) is 10.6 Å². The molecule has 0 bridgehead atoms. The van der Waals surface area contributed by atoms with Crippen LogP contribution in [-0.4, -0.2) is 19.6 Å². The van der Waals surface area contributed by atoms with Gasteiger partial charge < -0.3 is 10.6 Å². The predicted molar refractivity (Wildman–Crippen MR) is 61.8 cm³/mol. The topological polar surface area (TPSA) is 41.1 Å². The Morgan fingerprint density at radius 1 is 1.35 bits per heavy atom. The van der Waals surface area contributed by atoms with Crippen molar-refractivity contribution in [3.63, 3.8) is 0 Å². The Balaban J connectivity index is 2.88. The first-order valence-corrected chi connectivity index (χ1v) is 5.28. The first kappa shape index (κ1) is 13.4. The number of amides is 2. The molecule has 94 valence electrons. The fourth-order valence-electron chi connectivity index (χ4n) is 1.50. The number of halogens is 2. The van der Waals surface area contributed by atoms with E-state index < -0.39 is 17.0 Å². The van der Waals surface area contributed by atoms with Crippen molar-refractivity contribution in [2.45, 2.75) is 19.3 Å². The van der Waals surface area contributed by atoms with Crippen LogP contribution in [0.15, 0.2) is 18.2 Å². The van der Waals surface area contributed by atoms with Crippen LogP contribution in [0.1, 0.15) is 19.4 Å². The number of hydrogen-bond acceptors (Lipinski definition) is 1. The zero-order chi connectivity index (χ0) is 13.1. The molecule has 0 heterocycles. The van der Waals surface area contributed by atoms with Crippen LogP contribution in [0.5, 0.6) is 0 Å². The second-order valence-electron chi connectivity index (χ2n) is 4.44. The molecule has 1 aromatic carbocycles. The maximum absolute atomic E-state index is 13.6. The highest BCUT2D eigenvalue weighted by Gasteiger charge is 2.25. The molecule has 0 atom stereocenters. The normalized spacial score (nSPS) is 11.1. The molecule has 0 fully saturated rings. The molecular weight excluding hydrogens is 226 g/mol. The molecule has 17 heavy (non-hydrogen) atoms. The Hall–Kier alpha value is -1.65. The summed E-state index contributed by atoms with van der Waals surface area (Å²) in [6.07, 6.45) is 0. The molecule has 2 N–H and O–H groups in total. The first-order valence-electron chi connectivity index (χ1n) is 5.28. The van der Waals surface area contributed by atoms with Crippen LogP contribution < -0.4 is 10.6 Å². The SMILES string of the molecule is CNC(=O)NCC(C)(C)c1cc(F)ccc1F. The van der Waals surface area contributed by atoms with Gasteiger partial charge in [0.25, 0.3) is 0 Å². The highest BCUT2D eigenvalue weighted by atomic mass is 19.1. The van der Waals surface area contributed by atoms with Crippen LogP contribution in [0, 0.1) is 11.6 Å². The van der Waals surface area contributed by atoms with Crippen molar-refractivity contribution in [2.24, 2.45) is 0 Å². The molecule has 1 rings (SSSR count). The van der Waals surface area contributed by atoms with Gasteiger partial charge in [-0.1, -0.05) is 13.8 Å². The monoisotopic (exact) mass is 242 g/mol. The number of rotatable bonds is 3. The second-order valence-corrected chi connectivity index (χ2v) is 4.44. The van der Waals surface area contributed by atoms with E-state index in [0.29, 0.717) is 0 Å². The van der Waals surface area contributed by atoms with E-state index in [0.717, 1.165) is 18.2 Å². The molecule has 0 saturated carbocycles. The van der Waals surface area contributed by atoms with Crippen LogP contribution in [0.2, 0.25) is 0 Å². The van der Waals surface area contributed by atoms with Gasteiger partial charge in [0.1, 0.15) is 11.6 Å². The number of nitrogens with one attached hydrogen (secondary N) is 2. The van der Waals surface area contributed by atoms with E-state index in [1.54, 1.807) is 13.8 Å². The van der Waals surface area contributed by atoms with Crippen molar-refractivity contribution in [3.05, 3.63) is 35.4 Å². The molecule has 3 nitrogen and oxygen atoms in total. The van der Waals surface area contributed by atoms with Crippen molar-refractivity contribution in [3.8, 4) is 0 Å². The van der Waals surface area contributed by atoms with Crippen LogP contribution in [0.3, 0.4) is 0 Å². The predicted octanol–water partition coefficient (Wildman–Crippen LogP) is 2.17. The van der Waals surface area contributed by atoms with E-state index in [-0.39, 0.29) is 18.1 Å². The Kier molecular flexibility index (Phi) is 4.04. The third kappa shape index (κ3) is 3.41. The molecule has 0 aliphatic heterocycles. The molecule has 0 unspecified atom stereocenters. The number of benzene rings is 1. The van der Waals surface area contributed by atoms with Gasteiger partial charge in [0, 0.05) is 19.0 Å². The lowest BCUT2D eigenvalue weighted by Gasteiger charge is -2.26. The summed E-state index contributed by atoms with van der Waals surface area (Å²) < 4.78 is 26.7. The molecular formula is C12H16F2N2O. The number of urea groups is 1. The number of hydrogen-bond donors (Lipinski definition) is 2. The summed E-state index contributed by atoms with van der Waals surface area (Å²) in [4.78, 5) is 11.1. The summed E-state index contributed by atoms with van der Waals surface area (Å²) in [7, 11) is 1.49. The maximum atomic E-state index is 13.6. The molecule has 0 spiro atoms. The van der Waals surface area contributed by atoms with Crippen molar-refractivity contribution in [1.29, 1.82) is 0 Å². The van der Waals surface area contributed by atoms with Crippen LogP contribution in [0.4, 0.5) is 13.6 Å². The zero-order valence-corrected chi connectivity index (χ0v) is 10.1. The fraction of sp³-hybridized carbons (Fsp3) is 0.417. The van der Waals surface area contributed by atoms with Gasteiger partial charge >= 0.3 is 6.03 Å². The highest BCUT2D eigenvalue weighted by molar-refractivity contribution is 5.73. The van der Waals surface area contributed by atoms with Gasteiger partial charge in [-0.15, -0.1) is 0 Å². The summed E-state index contributed by atoms with van der Waals surface area (Å²) in [6, 6.07) is 2.96. The maximum Gasteiger partial charge on any atom is 0.314 e. The number of carbonyl (C=O) groups is 1. The Labute approximate surface area is 99.2 Å². The summed E-state index contributed by atoms with van der Waals surface area (Å²) >= 11 is 0. The van der Waals surface area contributed by atoms with Gasteiger partial charge in [-0.25, -0.2) is 13.6 Å². The van der Waals surface area contributed by atoms with Crippen LogP contribution in [-0.2, 0) is 5.41 Å². The molecule has 0 radical (unpaired) electrons. The van der Waals surface area contributed by atoms with Gasteiger partial charge in [-0.3, -0.25) is 0 Å². The molecule has 0 saturated heterocycles. The smallest absolute Gasteiger partial charge is 0.314 e. The number of carbonyl (C=O) groups excluding carboxylic acids is 1. The van der Waals surface area contributed by atoms with Crippen molar-refractivity contribution >= 4 is 6.03 Å². The Morgan fingerprint density at radius 3 is 2.59 bits per heavy atom. The fourth-order valence-corrected chi connectivity index (χ4v) is 1.50. The van der Waals surface area contributed by atoms with Crippen molar-refractivity contribution in [2.75, 3.05) is 13.6 Å². The quantitative estimate of drug-likeness (QED) is 0.838. The van der Waals surface area contributed by atoms with E-state index in [4.69, 9.17) is 0 Å². The average Bonchev–Trinajstić information content (AvgIpc) is 2.29. The standard InChI is InChI=1S/C12H16F2N2O/c1-12(2,7-16-11(17)15-3)9-6-8(13)4-5-10(9)14/h4-6H,7H2,1-3H3,(H2,15,16,17). The molecule has 0 aliphatic carbocycles. The van der Waals surface area contributed by atoms with Gasteiger partial charge in [-0.2, -0.15) is 0 Å². The minimum Gasteiger partial charge on any atom is -0.341 e. The van der Waals surface area contributed by atoms with Crippen molar-refractivity contribution < 1.29 is 13.6 Å². The van der Waals surface area contributed by atoms with Gasteiger partial charge in [0.05, 0.1) is 0 Å². The second kappa shape index (κ2) is 5.12. The Morgan fingerprint density at radius 2 is 2.00 bits per heavy atom. The first-order chi connectivity index (χ1) is 7.86. The summed E-state index contributed by atoms with van der Waals surface area (Å²) in [5, 5.41) is 4.98. The van der Waals surface area contributed by atoms with E-state index in [1.165, 1.54) is 7.05 Å². The van der Waals surface area contributed by atoms with Gasteiger partial charge in [0.2, 0.25) is 0 Å². The minimum atomic E-state index is -0.682. The van der Waals surface area contributed by atoms with E-state index >= 15 is 0 Å². The molecule has 5 heteroatoms. The lowest BCUT2D eigenvalue weighted by atomic mass is 9.84. The van der Waals surface area contributed by atoms with Gasteiger partial charge in [-0.05, 0) is 23.8 Å². The molecule has 2 amide bonds. The molecule has 0 aromatic heterocycles. The third-order valence-electron chi connectivity index (χ3n) is 2.58. The average molecular weight is 242 g/mol.